The summed E-state index contributed by atoms with van der Waals surface area (Å²) in [5.74, 6) is 0.00896. The second kappa shape index (κ2) is 7.84. The Morgan fingerprint density at radius 1 is 1.22 bits per heavy atom. The summed E-state index contributed by atoms with van der Waals surface area (Å²) < 4.78 is 9.98. The molecule has 0 bridgehead atoms. The molecule has 0 fully saturated rings. The summed E-state index contributed by atoms with van der Waals surface area (Å²) in [6, 6.07) is 8.21. The van der Waals surface area contributed by atoms with Crippen LogP contribution in [0.25, 0.3) is 0 Å². The number of carbonyl (C=O) groups excluding carboxylic acids is 1. The van der Waals surface area contributed by atoms with Crippen molar-refractivity contribution in [3.63, 3.8) is 0 Å². The zero-order valence-electron chi connectivity index (χ0n) is 11.2. The van der Waals surface area contributed by atoms with Gasteiger partial charge in [0.2, 0.25) is 5.91 Å². The number of amides is 1. The maximum absolute atomic E-state index is 11.6. The van der Waals surface area contributed by atoms with Gasteiger partial charge in [0.25, 0.3) is 0 Å². The molecule has 0 saturated heterocycles. The molecule has 0 heterocycles. The van der Waals surface area contributed by atoms with E-state index in [-0.39, 0.29) is 12.2 Å². The molecule has 4 heteroatoms. The maximum atomic E-state index is 11.6. The molecule has 0 aliphatic carbocycles. The lowest BCUT2D eigenvalue weighted by Crippen LogP contribution is -2.34. The minimum atomic E-state index is -0.381. The van der Waals surface area contributed by atoms with Gasteiger partial charge in [-0.15, -0.1) is 0 Å². The summed E-state index contributed by atoms with van der Waals surface area (Å²) in [7, 11) is 3.10. The van der Waals surface area contributed by atoms with Crippen molar-refractivity contribution >= 4 is 5.91 Å². The maximum Gasteiger partial charge on any atom is 0.220 e. The van der Waals surface area contributed by atoms with Gasteiger partial charge in [0, 0.05) is 20.6 Å². The van der Waals surface area contributed by atoms with E-state index in [2.05, 4.69) is 29.6 Å². The summed E-state index contributed by atoms with van der Waals surface area (Å²) in [6.07, 6.45) is 0.841. The molecule has 18 heavy (non-hydrogen) atoms. The van der Waals surface area contributed by atoms with Gasteiger partial charge in [-0.1, -0.05) is 29.8 Å². The standard InChI is InChI=1S/C14H21NO3/c1-11-4-6-12(7-5-11)8-9-13(16)15-10-14(17-2)18-3/h4-7,14H,8-10H2,1-3H3,(H,15,16). The van der Waals surface area contributed by atoms with Crippen LogP contribution in [0.4, 0.5) is 0 Å². The first-order chi connectivity index (χ1) is 8.65. The van der Waals surface area contributed by atoms with E-state index in [1.54, 1.807) is 14.2 Å². The molecule has 1 amide bonds. The van der Waals surface area contributed by atoms with Crippen LogP contribution in [0.2, 0.25) is 0 Å². The van der Waals surface area contributed by atoms with Crippen molar-refractivity contribution in [1.29, 1.82) is 0 Å². The molecular weight excluding hydrogens is 230 g/mol. The van der Waals surface area contributed by atoms with E-state index in [1.807, 2.05) is 6.92 Å². The van der Waals surface area contributed by atoms with Crippen LogP contribution in [0, 0.1) is 6.92 Å². The van der Waals surface area contributed by atoms with Crippen molar-refractivity contribution in [2.45, 2.75) is 26.1 Å². The van der Waals surface area contributed by atoms with E-state index >= 15 is 0 Å². The van der Waals surface area contributed by atoms with Crippen molar-refractivity contribution in [2.75, 3.05) is 20.8 Å². The second-order valence-electron chi connectivity index (χ2n) is 4.19. The Kier molecular flexibility index (Phi) is 6.39. The fourth-order valence-electron chi connectivity index (χ4n) is 1.56. The molecule has 1 rings (SSSR count). The van der Waals surface area contributed by atoms with Crippen molar-refractivity contribution in [3.8, 4) is 0 Å². The van der Waals surface area contributed by atoms with Gasteiger partial charge >= 0.3 is 0 Å². The van der Waals surface area contributed by atoms with Crippen LogP contribution in [0.1, 0.15) is 17.5 Å². The van der Waals surface area contributed by atoms with Gasteiger partial charge < -0.3 is 14.8 Å². The van der Waals surface area contributed by atoms with Gasteiger partial charge in [0.15, 0.2) is 6.29 Å². The number of benzene rings is 1. The fourth-order valence-corrected chi connectivity index (χ4v) is 1.56. The molecule has 0 saturated carbocycles. The van der Waals surface area contributed by atoms with Crippen LogP contribution >= 0.6 is 0 Å². The third-order valence-electron chi connectivity index (χ3n) is 2.75. The minimum absolute atomic E-state index is 0.00896. The van der Waals surface area contributed by atoms with Crippen LogP contribution in [0.15, 0.2) is 24.3 Å². The van der Waals surface area contributed by atoms with Crippen LogP contribution < -0.4 is 5.32 Å². The summed E-state index contributed by atoms with van der Waals surface area (Å²) >= 11 is 0. The first-order valence-corrected chi connectivity index (χ1v) is 6.03. The molecule has 0 unspecified atom stereocenters. The van der Waals surface area contributed by atoms with Gasteiger partial charge in [-0.3, -0.25) is 4.79 Å². The molecule has 0 spiro atoms. The Hall–Kier alpha value is -1.39. The summed E-state index contributed by atoms with van der Waals surface area (Å²) in [4.78, 5) is 11.6. The molecule has 0 atom stereocenters. The van der Waals surface area contributed by atoms with Crippen molar-refractivity contribution in [3.05, 3.63) is 35.4 Å². The normalized spacial score (nSPS) is 10.7. The van der Waals surface area contributed by atoms with Gasteiger partial charge in [-0.05, 0) is 18.9 Å². The van der Waals surface area contributed by atoms with Crippen LogP contribution in [-0.4, -0.2) is 33.0 Å². The lowest BCUT2D eigenvalue weighted by Gasteiger charge is -2.13. The summed E-state index contributed by atoms with van der Waals surface area (Å²) in [5.41, 5.74) is 2.40. The number of hydrogen-bond acceptors (Lipinski definition) is 3. The third kappa shape index (κ3) is 5.29. The molecule has 0 aliphatic heterocycles. The number of hydrogen-bond donors (Lipinski definition) is 1. The van der Waals surface area contributed by atoms with E-state index in [9.17, 15) is 4.79 Å². The lowest BCUT2D eigenvalue weighted by molar-refractivity contribution is -0.127. The molecule has 1 aromatic rings. The van der Waals surface area contributed by atoms with Gasteiger partial charge in [-0.2, -0.15) is 0 Å². The highest BCUT2D eigenvalue weighted by Crippen LogP contribution is 2.05. The van der Waals surface area contributed by atoms with Crippen molar-refractivity contribution < 1.29 is 14.3 Å². The smallest absolute Gasteiger partial charge is 0.220 e. The van der Waals surface area contributed by atoms with Gasteiger partial charge in [-0.25, -0.2) is 0 Å². The zero-order valence-corrected chi connectivity index (χ0v) is 11.2. The van der Waals surface area contributed by atoms with Gasteiger partial charge in [0.05, 0.1) is 6.54 Å². The molecular formula is C14H21NO3. The number of aryl methyl sites for hydroxylation is 2. The fraction of sp³-hybridized carbons (Fsp3) is 0.500. The van der Waals surface area contributed by atoms with Gasteiger partial charge in [0.1, 0.15) is 0 Å². The molecule has 0 radical (unpaired) electrons. The molecule has 4 nitrogen and oxygen atoms in total. The third-order valence-corrected chi connectivity index (χ3v) is 2.75. The summed E-state index contributed by atoms with van der Waals surface area (Å²) in [6.45, 7) is 2.42. The number of carbonyl (C=O) groups is 1. The molecule has 1 aromatic carbocycles. The highest BCUT2D eigenvalue weighted by Gasteiger charge is 2.07. The first-order valence-electron chi connectivity index (χ1n) is 6.03. The predicted molar refractivity (Wildman–Crippen MR) is 70.3 cm³/mol. The molecule has 0 aromatic heterocycles. The summed E-state index contributed by atoms with van der Waals surface area (Å²) in [5, 5.41) is 2.78. The molecule has 100 valence electrons. The second-order valence-corrected chi connectivity index (χ2v) is 4.19. The quantitative estimate of drug-likeness (QED) is 0.750. The Labute approximate surface area is 108 Å². The van der Waals surface area contributed by atoms with E-state index in [4.69, 9.17) is 9.47 Å². The average molecular weight is 251 g/mol. The largest absolute Gasteiger partial charge is 0.354 e. The number of ether oxygens (including phenoxy) is 2. The number of methoxy groups -OCH3 is 2. The van der Waals surface area contributed by atoms with Crippen LogP contribution in [-0.2, 0) is 20.7 Å². The predicted octanol–water partition coefficient (Wildman–Crippen LogP) is 1.66. The Morgan fingerprint density at radius 3 is 2.39 bits per heavy atom. The highest BCUT2D eigenvalue weighted by atomic mass is 16.7. The SMILES string of the molecule is COC(CNC(=O)CCc1ccc(C)cc1)OC. The van der Waals surface area contributed by atoms with E-state index < -0.39 is 0 Å². The van der Waals surface area contributed by atoms with Crippen LogP contribution in [0.5, 0.6) is 0 Å². The Balaban J connectivity index is 2.26. The van der Waals surface area contributed by atoms with Crippen molar-refractivity contribution in [1.82, 2.24) is 5.32 Å². The Bertz CT molecular complexity index is 358. The number of nitrogens with one attached hydrogen (secondary N) is 1. The van der Waals surface area contributed by atoms with E-state index in [0.29, 0.717) is 13.0 Å². The Morgan fingerprint density at radius 2 is 1.83 bits per heavy atom. The monoisotopic (exact) mass is 251 g/mol. The first kappa shape index (κ1) is 14.7. The average Bonchev–Trinajstić information content (AvgIpc) is 2.39. The van der Waals surface area contributed by atoms with Crippen molar-refractivity contribution in [2.24, 2.45) is 0 Å². The van der Waals surface area contributed by atoms with E-state index in [1.165, 1.54) is 11.1 Å². The number of rotatable bonds is 7. The zero-order chi connectivity index (χ0) is 13.4. The molecule has 1 N–H and O–H groups in total. The highest BCUT2D eigenvalue weighted by molar-refractivity contribution is 5.76. The molecule has 0 aliphatic rings. The lowest BCUT2D eigenvalue weighted by atomic mass is 10.1. The van der Waals surface area contributed by atoms with Crippen LogP contribution in [0.3, 0.4) is 0 Å². The topological polar surface area (TPSA) is 47.6 Å². The van der Waals surface area contributed by atoms with E-state index in [0.717, 1.165) is 6.42 Å². The minimum Gasteiger partial charge on any atom is -0.354 e.